The molecule has 7 heteroatoms. The third-order valence-electron chi connectivity index (χ3n) is 3.28. The van der Waals surface area contributed by atoms with Crippen LogP contribution in [0.5, 0.6) is 5.75 Å². The average Bonchev–Trinajstić information content (AvgIpc) is 2.47. The minimum atomic E-state index is -0.309. The number of amides is 2. The lowest BCUT2D eigenvalue weighted by molar-refractivity contribution is -0.135. The number of nitrogens with zero attached hydrogens (tertiary/aromatic N) is 2. The number of halogens is 1. The maximum absolute atomic E-state index is 12.2. The Morgan fingerprint density at radius 2 is 1.72 bits per heavy atom. The fourth-order valence-electron chi connectivity index (χ4n) is 2.04. The van der Waals surface area contributed by atoms with Gasteiger partial charge in [-0.15, -0.1) is 0 Å². The molecule has 0 saturated carbocycles. The van der Waals surface area contributed by atoms with E-state index < -0.39 is 0 Å². The van der Waals surface area contributed by atoms with E-state index in [4.69, 9.17) is 16.3 Å². The van der Waals surface area contributed by atoms with E-state index in [0.29, 0.717) is 18.2 Å². The number of hydrogen-bond acceptors (Lipinski definition) is 4. The highest BCUT2D eigenvalue weighted by Gasteiger charge is 2.18. The zero-order chi connectivity index (χ0) is 19.0. The molecule has 0 aliphatic heterocycles. The summed E-state index contributed by atoms with van der Waals surface area (Å²) >= 11 is 5.82. The van der Waals surface area contributed by atoms with Crippen molar-refractivity contribution in [3.63, 3.8) is 0 Å². The molecule has 1 aromatic carbocycles. The van der Waals surface area contributed by atoms with Gasteiger partial charge in [0, 0.05) is 24.2 Å². The Balaban J connectivity index is 2.30. The second kappa shape index (κ2) is 9.63. The maximum atomic E-state index is 12.2. The average molecular weight is 370 g/mol. The first kappa shape index (κ1) is 21.3. The quantitative estimate of drug-likeness (QED) is 0.761. The summed E-state index contributed by atoms with van der Waals surface area (Å²) in [5, 5.41) is 3.50. The normalized spacial score (nSPS) is 11.3. The zero-order valence-corrected chi connectivity index (χ0v) is 16.4. The minimum Gasteiger partial charge on any atom is -0.492 e. The van der Waals surface area contributed by atoms with Gasteiger partial charge in [0.15, 0.2) is 0 Å². The number of nitrogens with one attached hydrogen (secondary N) is 1. The fraction of sp³-hybridized carbons (Fsp3) is 0.556. The number of rotatable bonds is 8. The highest BCUT2D eigenvalue weighted by molar-refractivity contribution is 6.30. The van der Waals surface area contributed by atoms with Crippen LogP contribution >= 0.6 is 11.6 Å². The lowest BCUT2D eigenvalue weighted by atomic mass is 10.1. The molecule has 25 heavy (non-hydrogen) atoms. The Morgan fingerprint density at radius 1 is 1.12 bits per heavy atom. The van der Waals surface area contributed by atoms with Gasteiger partial charge in [-0.25, -0.2) is 0 Å². The Kier molecular flexibility index (Phi) is 8.19. The van der Waals surface area contributed by atoms with Gasteiger partial charge in [-0.05, 0) is 52.1 Å². The van der Waals surface area contributed by atoms with Crippen molar-refractivity contribution >= 4 is 23.4 Å². The van der Waals surface area contributed by atoms with Crippen molar-refractivity contribution in [2.75, 3.05) is 40.3 Å². The summed E-state index contributed by atoms with van der Waals surface area (Å²) < 4.78 is 5.60. The van der Waals surface area contributed by atoms with Crippen LogP contribution in [-0.4, -0.2) is 67.5 Å². The number of carbonyl (C=O) groups excluding carboxylic acids is 2. The second-order valence-electron chi connectivity index (χ2n) is 7.09. The minimum absolute atomic E-state index is 0.0468. The first-order valence-corrected chi connectivity index (χ1v) is 8.56. The van der Waals surface area contributed by atoms with Crippen molar-refractivity contribution in [2.45, 2.75) is 26.3 Å². The molecule has 0 fully saturated rings. The first-order valence-electron chi connectivity index (χ1n) is 8.19. The van der Waals surface area contributed by atoms with E-state index in [9.17, 15) is 9.59 Å². The highest BCUT2D eigenvalue weighted by Crippen LogP contribution is 2.15. The molecule has 0 aliphatic carbocycles. The van der Waals surface area contributed by atoms with Crippen molar-refractivity contribution in [2.24, 2.45) is 0 Å². The van der Waals surface area contributed by atoms with Crippen LogP contribution in [0.1, 0.15) is 20.8 Å². The molecule has 0 bridgehead atoms. The lowest BCUT2D eigenvalue weighted by Gasteiger charge is -2.25. The Hall–Kier alpha value is -1.79. The molecule has 0 heterocycles. The molecule has 0 saturated heterocycles. The molecule has 0 aromatic heterocycles. The fourth-order valence-corrected chi connectivity index (χ4v) is 2.17. The maximum Gasteiger partial charge on any atom is 0.240 e. The number of carbonyl (C=O) groups is 2. The molecule has 0 radical (unpaired) electrons. The topological polar surface area (TPSA) is 61.9 Å². The van der Waals surface area contributed by atoms with Crippen molar-refractivity contribution in [3.8, 4) is 5.75 Å². The van der Waals surface area contributed by atoms with Gasteiger partial charge in [0.25, 0.3) is 0 Å². The van der Waals surface area contributed by atoms with Gasteiger partial charge in [-0.2, -0.15) is 0 Å². The molecular weight excluding hydrogens is 342 g/mol. The zero-order valence-electron chi connectivity index (χ0n) is 15.6. The SMILES string of the molecule is CN(CCOc1ccc(Cl)cc1)CC(=O)N(C)CC(=O)NC(C)(C)C. The van der Waals surface area contributed by atoms with Crippen LogP contribution < -0.4 is 10.1 Å². The van der Waals surface area contributed by atoms with Gasteiger partial charge in [-0.1, -0.05) is 11.6 Å². The molecule has 6 nitrogen and oxygen atoms in total. The third kappa shape index (κ3) is 9.31. The van der Waals surface area contributed by atoms with Crippen molar-refractivity contribution in [1.82, 2.24) is 15.1 Å². The summed E-state index contributed by atoms with van der Waals surface area (Å²) in [6.45, 7) is 7.04. The molecule has 1 N–H and O–H groups in total. The second-order valence-corrected chi connectivity index (χ2v) is 7.52. The highest BCUT2D eigenvalue weighted by atomic mass is 35.5. The van der Waals surface area contributed by atoms with Crippen LogP contribution in [0.4, 0.5) is 0 Å². The molecule has 0 aliphatic rings. The molecule has 1 rings (SSSR count). The van der Waals surface area contributed by atoms with Crippen molar-refractivity contribution in [1.29, 1.82) is 0 Å². The Morgan fingerprint density at radius 3 is 2.28 bits per heavy atom. The van der Waals surface area contributed by atoms with Crippen LogP contribution in [0.2, 0.25) is 5.02 Å². The molecule has 0 spiro atoms. The van der Waals surface area contributed by atoms with E-state index in [2.05, 4.69) is 5.32 Å². The molecular formula is C18H28ClN3O3. The van der Waals surface area contributed by atoms with Crippen LogP contribution in [0, 0.1) is 0 Å². The van der Waals surface area contributed by atoms with Crippen molar-refractivity contribution < 1.29 is 14.3 Å². The van der Waals surface area contributed by atoms with E-state index >= 15 is 0 Å². The smallest absolute Gasteiger partial charge is 0.240 e. The van der Waals surface area contributed by atoms with Crippen molar-refractivity contribution in [3.05, 3.63) is 29.3 Å². The van der Waals surface area contributed by atoms with Gasteiger partial charge in [-0.3, -0.25) is 14.5 Å². The van der Waals surface area contributed by atoms with E-state index in [1.54, 1.807) is 31.3 Å². The number of benzene rings is 1. The Labute approximate surface area is 155 Å². The summed E-state index contributed by atoms with van der Waals surface area (Å²) in [5.41, 5.74) is -0.309. The lowest BCUT2D eigenvalue weighted by Crippen LogP contribution is -2.47. The van der Waals surface area contributed by atoms with Crippen LogP contribution in [0.3, 0.4) is 0 Å². The molecule has 0 unspecified atom stereocenters. The summed E-state index contributed by atoms with van der Waals surface area (Å²) in [5.74, 6) is 0.454. The van der Waals surface area contributed by atoms with Gasteiger partial charge >= 0.3 is 0 Å². The summed E-state index contributed by atoms with van der Waals surface area (Å²) in [4.78, 5) is 27.3. The van der Waals surface area contributed by atoms with Gasteiger partial charge in [0.05, 0.1) is 13.1 Å². The largest absolute Gasteiger partial charge is 0.492 e. The van der Waals surface area contributed by atoms with Crippen LogP contribution in [0.25, 0.3) is 0 Å². The van der Waals surface area contributed by atoms with Crippen LogP contribution in [0.15, 0.2) is 24.3 Å². The standard InChI is InChI=1S/C18H28ClN3O3/c1-18(2,3)20-16(23)12-22(5)17(24)13-21(4)10-11-25-15-8-6-14(19)7-9-15/h6-9H,10-13H2,1-5H3,(H,20,23). The predicted molar refractivity (Wildman–Crippen MR) is 100.0 cm³/mol. The monoisotopic (exact) mass is 369 g/mol. The first-order chi connectivity index (χ1) is 11.6. The number of likely N-dealkylation sites (N-methyl/N-ethyl adjacent to an activating group) is 2. The number of ether oxygens (including phenoxy) is 1. The summed E-state index contributed by atoms with van der Waals surface area (Å²) in [7, 11) is 3.47. The molecule has 0 atom stereocenters. The van der Waals surface area contributed by atoms with E-state index in [1.807, 2.05) is 32.7 Å². The van der Waals surface area contributed by atoms with E-state index in [0.717, 1.165) is 5.75 Å². The predicted octanol–water partition coefficient (Wildman–Crippen LogP) is 2.02. The molecule has 2 amide bonds. The van der Waals surface area contributed by atoms with E-state index in [-0.39, 0.29) is 30.4 Å². The molecule has 1 aromatic rings. The van der Waals surface area contributed by atoms with Gasteiger partial charge < -0.3 is 15.0 Å². The van der Waals surface area contributed by atoms with Crippen LogP contribution in [-0.2, 0) is 9.59 Å². The molecule has 140 valence electrons. The third-order valence-corrected chi connectivity index (χ3v) is 3.53. The van der Waals surface area contributed by atoms with E-state index in [1.165, 1.54) is 4.90 Å². The summed E-state index contributed by atoms with van der Waals surface area (Å²) in [6.07, 6.45) is 0. The summed E-state index contributed by atoms with van der Waals surface area (Å²) in [6, 6.07) is 7.13. The number of hydrogen-bond donors (Lipinski definition) is 1. The van der Waals surface area contributed by atoms with Gasteiger partial charge in [0.1, 0.15) is 12.4 Å². The Bertz CT molecular complexity index is 570. The van der Waals surface area contributed by atoms with Gasteiger partial charge in [0.2, 0.25) is 11.8 Å².